The molecule has 0 radical (unpaired) electrons. The predicted octanol–water partition coefficient (Wildman–Crippen LogP) is 3.28. The fraction of sp³-hybridized carbons (Fsp3) is 0.0667. The molecule has 1 heterocycles. The Morgan fingerprint density at radius 2 is 1.95 bits per heavy atom. The molecule has 1 N–H and O–H groups in total. The van der Waals surface area contributed by atoms with Crippen molar-refractivity contribution >= 4 is 29.5 Å². The Bertz CT molecular complexity index is 712. The van der Waals surface area contributed by atoms with Crippen molar-refractivity contribution in [3.63, 3.8) is 0 Å². The second-order valence-corrected chi connectivity index (χ2v) is 4.86. The first kappa shape index (κ1) is 12.7. The summed E-state index contributed by atoms with van der Waals surface area (Å²) in [6, 6.07) is 12.9. The molecule has 2 aromatic carbocycles. The number of fused-ring (bicyclic) bond motifs is 1. The van der Waals surface area contributed by atoms with E-state index < -0.39 is 5.30 Å². The Hall–Kier alpha value is -2.27. The monoisotopic (exact) mass is 285 g/mol. The lowest BCUT2D eigenvalue weighted by molar-refractivity contribution is -0.115. The Morgan fingerprint density at radius 3 is 2.75 bits per heavy atom. The highest BCUT2D eigenvalue weighted by Gasteiger charge is 2.17. The summed E-state index contributed by atoms with van der Waals surface area (Å²) in [4.78, 5) is 22.2. The van der Waals surface area contributed by atoms with Crippen LogP contribution in [0.1, 0.15) is 5.56 Å². The van der Waals surface area contributed by atoms with Gasteiger partial charge in [0.2, 0.25) is 5.91 Å². The van der Waals surface area contributed by atoms with Gasteiger partial charge in [0, 0.05) is 5.69 Å². The molecule has 5 heteroatoms. The molecule has 20 heavy (non-hydrogen) atoms. The van der Waals surface area contributed by atoms with E-state index in [1.807, 2.05) is 24.3 Å². The van der Waals surface area contributed by atoms with Gasteiger partial charge in [0.25, 0.3) is 0 Å². The minimum atomic E-state index is -0.650. The first-order chi connectivity index (χ1) is 9.61. The number of carbonyl (C=O) groups is 2. The molecule has 2 aromatic rings. The van der Waals surface area contributed by atoms with Crippen molar-refractivity contribution in [1.29, 1.82) is 0 Å². The van der Waals surface area contributed by atoms with E-state index in [9.17, 15) is 9.59 Å². The lowest BCUT2D eigenvalue weighted by Gasteiger charge is -2.07. The Balaban J connectivity index is 1.95. The van der Waals surface area contributed by atoms with Crippen LogP contribution >= 0.6 is 12.6 Å². The topological polar surface area (TPSA) is 55.4 Å². The highest BCUT2D eigenvalue weighted by Crippen LogP contribution is 2.30. The van der Waals surface area contributed by atoms with Crippen LogP contribution in [0, 0.1) is 0 Å². The zero-order valence-electron chi connectivity index (χ0n) is 10.4. The molecule has 0 fully saturated rings. The van der Waals surface area contributed by atoms with Crippen molar-refractivity contribution in [2.45, 2.75) is 6.42 Å². The van der Waals surface area contributed by atoms with E-state index in [1.54, 1.807) is 18.2 Å². The van der Waals surface area contributed by atoms with Crippen molar-refractivity contribution in [1.82, 2.24) is 0 Å². The highest BCUT2D eigenvalue weighted by atomic mass is 32.1. The normalized spacial score (nSPS) is 12.8. The van der Waals surface area contributed by atoms with Gasteiger partial charge in [-0.15, -0.1) is 0 Å². The molecule has 0 aliphatic carbocycles. The average molecular weight is 285 g/mol. The maximum atomic E-state index is 11.3. The van der Waals surface area contributed by atoms with Crippen LogP contribution in [0.5, 0.6) is 5.75 Å². The summed E-state index contributed by atoms with van der Waals surface area (Å²) in [6.07, 6.45) is 0.424. The smallest absolute Gasteiger partial charge is 0.369 e. The number of benzene rings is 2. The number of anilines is 1. The standard InChI is InChI=1S/C15H11NO3S/c17-14-8-11-5-4-10(7-13(11)16-14)9-2-1-3-12(6-9)19-15(18)20/h1-7H,8H2,(H,16,17)(H,18,20). The van der Waals surface area contributed by atoms with Gasteiger partial charge in [-0.05, 0) is 34.9 Å². The SMILES string of the molecule is O=C1Cc2ccc(-c3cccc(OC(=O)S)c3)cc2N1. The van der Waals surface area contributed by atoms with Gasteiger partial charge < -0.3 is 10.1 Å². The molecule has 0 saturated heterocycles. The molecule has 0 bridgehead atoms. The summed E-state index contributed by atoms with van der Waals surface area (Å²) in [7, 11) is 0. The maximum Gasteiger partial charge on any atom is 0.369 e. The van der Waals surface area contributed by atoms with E-state index in [0.717, 1.165) is 22.4 Å². The fourth-order valence-electron chi connectivity index (χ4n) is 2.23. The van der Waals surface area contributed by atoms with Gasteiger partial charge in [-0.2, -0.15) is 0 Å². The van der Waals surface area contributed by atoms with E-state index in [2.05, 4.69) is 17.9 Å². The lowest BCUT2D eigenvalue weighted by atomic mass is 10.0. The van der Waals surface area contributed by atoms with Gasteiger partial charge in [-0.1, -0.05) is 36.9 Å². The molecule has 0 aromatic heterocycles. The molecule has 4 nitrogen and oxygen atoms in total. The van der Waals surface area contributed by atoms with E-state index in [0.29, 0.717) is 12.2 Å². The summed E-state index contributed by atoms with van der Waals surface area (Å²) >= 11 is 3.59. The zero-order chi connectivity index (χ0) is 14.1. The van der Waals surface area contributed by atoms with Gasteiger partial charge in [0.1, 0.15) is 5.75 Å². The zero-order valence-corrected chi connectivity index (χ0v) is 11.3. The molecule has 0 unspecified atom stereocenters. The summed E-state index contributed by atoms with van der Waals surface area (Å²) in [6.45, 7) is 0. The second kappa shape index (κ2) is 5.02. The lowest BCUT2D eigenvalue weighted by Crippen LogP contribution is -2.03. The van der Waals surface area contributed by atoms with E-state index in [1.165, 1.54) is 0 Å². The van der Waals surface area contributed by atoms with Crippen molar-refractivity contribution in [3.8, 4) is 16.9 Å². The Kier molecular flexibility index (Phi) is 3.20. The molecule has 1 aliphatic heterocycles. The molecule has 100 valence electrons. The van der Waals surface area contributed by atoms with Gasteiger partial charge in [-0.3, -0.25) is 4.79 Å². The van der Waals surface area contributed by atoms with Crippen LogP contribution < -0.4 is 10.1 Å². The third-order valence-corrected chi connectivity index (χ3v) is 3.20. The number of hydrogen-bond donors (Lipinski definition) is 2. The minimum Gasteiger partial charge on any atom is -0.419 e. The molecule has 3 rings (SSSR count). The van der Waals surface area contributed by atoms with Crippen LogP contribution in [-0.2, 0) is 11.2 Å². The van der Waals surface area contributed by atoms with Crippen LogP contribution in [-0.4, -0.2) is 11.2 Å². The van der Waals surface area contributed by atoms with Gasteiger partial charge in [-0.25, -0.2) is 4.79 Å². The van der Waals surface area contributed by atoms with E-state index in [4.69, 9.17) is 4.74 Å². The van der Waals surface area contributed by atoms with Crippen molar-refractivity contribution < 1.29 is 14.3 Å². The summed E-state index contributed by atoms with van der Waals surface area (Å²) in [5.74, 6) is 0.446. The molecular weight excluding hydrogens is 274 g/mol. The number of amides is 1. The molecular formula is C15H11NO3S. The number of thiol groups is 1. The Labute approximate surface area is 121 Å². The average Bonchev–Trinajstić information content (AvgIpc) is 2.77. The third kappa shape index (κ3) is 2.53. The van der Waals surface area contributed by atoms with E-state index >= 15 is 0 Å². The number of ether oxygens (including phenoxy) is 1. The fourth-order valence-corrected chi connectivity index (χ4v) is 2.34. The van der Waals surface area contributed by atoms with Crippen LogP contribution in [0.25, 0.3) is 11.1 Å². The largest absolute Gasteiger partial charge is 0.419 e. The maximum absolute atomic E-state index is 11.3. The molecule has 0 atom stereocenters. The minimum absolute atomic E-state index is 0.00917. The quantitative estimate of drug-likeness (QED) is 0.657. The number of carbonyl (C=O) groups excluding carboxylic acids is 2. The van der Waals surface area contributed by atoms with Crippen LogP contribution in [0.15, 0.2) is 42.5 Å². The van der Waals surface area contributed by atoms with Crippen LogP contribution in [0.4, 0.5) is 10.5 Å². The summed E-state index contributed by atoms with van der Waals surface area (Å²) in [5, 5.41) is 2.17. The van der Waals surface area contributed by atoms with Crippen molar-refractivity contribution in [3.05, 3.63) is 48.0 Å². The number of hydrogen-bond acceptors (Lipinski definition) is 3. The molecule has 1 amide bonds. The van der Waals surface area contributed by atoms with Crippen molar-refractivity contribution in [2.75, 3.05) is 5.32 Å². The first-order valence-corrected chi connectivity index (χ1v) is 6.50. The molecule has 0 saturated carbocycles. The highest BCUT2D eigenvalue weighted by molar-refractivity contribution is 7.96. The van der Waals surface area contributed by atoms with Gasteiger partial charge in [0.05, 0.1) is 6.42 Å². The molecule has 1 aliphatic rings. The van der Waals surface area contributed by atoms with Crippen LogP contribution in [0.2, 0.25) is 0 Å². The molecule has 0 spiro atoms. The van der Waals surface area contributed by atoms with Crippen molar-refractivity contribution in [2.24, 2.45) is 0 Å². The number of rotatable bonds is 2. The second-order valence-electron chi connectivity index (χ2n) is 4.49. The van der Waals surface area contributed by atoms with Crippen LogP contribution in [0.3, 0.4) is 0 Å². The van der Waals surface area contributed by atoms with Gasteiger partial charge in [0.15, 0.2) is 0 Å². The van der Waals surface area contributed by atoms with Gasteiger partial charge >= 0.3 is 5.30 Å². The predicted molar refractivity (Wildman–Crippen MR) is 79.2 cm³/mol. The first-order valence-electron chi connectivity index (χ1n) is 6.06. The third-order valence-electron chi connectivity index (χ3n) is 3.11. The Morgan fingerprint density at radius 1 is 1.15 bits per heavy atom. The van der Waals surface area contributed by atoms with E-state index in [-0.39, 0.29) is 5.91 Å². The summed E-state index contributed by atoms with van der Waals surface area (Å²) in [5.41, 5.74) is 3.69. The summed E-state index contributed by atoms with van der Waals surface area (Å²) < 4.78 is 4.94. The number of nitrogens with one attached hydrogen (secondary N) is 1.